The molecule has 0 bridgehead atoms. The number of carbonyl (C=O) groups excluding carboxylic acids is 3. The Morgan fingerprint density at radius 1 is 1.31 bits per heavy atom. The molecule has 2 heterocycles. The molecule has 0 spiro atoms. The predicted molar refractivity (Wildman–Crippen MR) is 140 cm³/mol. The summed E-state index contributed by atoms with van der Waals surface area (Å²) in [6.07, 6.45) is -4.15. The number of methoxy groups -OCH3 is 2. The third kappa shape index (κ3) is 7.06. The fourth-order valence-corrected chi connectivity index (χ4v) is 4.92. The lowest BCUT2D eigenvalue weighted by atomic mass is 9.96. The van der Waals surface area contributed by atoms with Crippen LogP contribution in [0.3, 0.4) is 0 Å². The van der Waals surface area contributed by atoms with Gasteiger partial charge in [-0.3, -0.25) is 9.59 Å². The van der Waals surface area contributed by atoms with Gasteiger partial charge in [-0.15, -0.1) is 12.4 Å². The van der Waals surface area contributed by atoms with E-state index in [-0.39, 0.29) is 55.6 Å². The van der Waals surface area contributed by atoms with Crippen molar-refractivity contribution >= 4 is 36.0 Å². The molecular weight excluding hydrogens is 545 g/mol. The molecule has 3 amide bonds. The maximum Gasteiger partial charge on any atom is 0.417 e. The average molecular weight is 581 g/mol. The summed E-state index contributed by atoms with van der Waals surface area (Å²) in [5, 5.41) is 5.65. The van der Waals surface area contributed by atoms with Crippen LogP contribution in [0.5, 0.6) is 5.75 Å². The number of piperidine rings is 1. The molecule has 3 rings (SSSR count). The minimum atomic E-state index is -4.87. The summed E-state index contributed by atoms with van der Waals surface area (Å²) in [7, 11) is 2.52. The zero-order chi connectivity index (χ0) is 28.3. The highest BCUT2D eigenvalue weighted by Gasteiger charge is 2.47. The minimum absolute atomic E-state index is 0. The molecule has 220 valence electrons. The smallest absolute Gasteiger partial charge is 0.417 e. The van der Waals surface area contributed by atoms with Gasteiger partial charge >= 0.3 is 12.3 Å². The van der Waals surface area contributed by atoms with Gasteiger partial charge in [-0.1, -0.05) is 0 Å². The summed E-state index contributed by atoms with van der Waals surface area (Å²) in [5.74, 6) is -1.59. The molecule has 2 atom stereocenters. The Morgan fingerprint density at radius 3 is 2.54 bits per heavy atom. The highest BCUT2D eigenvalue weighted by molar-refractivity contribution is 6.05. The maximum atomic E-state index is 14.3. The summed E-state index contributed by atoms with van der Waals surface area (Å²) >= 11 is 0. The Kier molecular flexibility index (Phi) is 10.9. The van der Waals surface area contributed by atoms with Crippen LogP contribution in [0.25, 0.3) is 0 Å². The molecule has 0 aliphatic carbocycles. The van der Waals surface area contributed by atoms with E-state index < -0.39 is 40.8 Å². The molecule has 10 nitrogen and oxygen atoms in total. The molecule has 2 aliphatic rings. The van der Waals surface area contributed by atoms with Crippen LogP contribution in [-0.4, -0.2) is 87.5 Å². The van der Waals surface area contributed by atoms with Gasteiger partial charge in [0.15, 0.2) is 0 Å². The Hall–Kier alpha value is -2.77. The topological polar surface area (TPSA) is 109 Å². The number of ether oxygens (including phenoxy) is 3. The van der Waals surface area contributed by atoms with Gasteiger partial charge in [-0.2, -0.15) is 13.2 Å². The molecule has 0 saturated carbocycles. The lowest BCUT2D eigenvalue weighted by molar-refractivity contribution is -0.139. The summed E-state index contributed by atoms with van der Waals surface area (Å²) in [4.78, 5) is 41.4. The van der Waals surface area contributed by atoms with Gasteiger partial charge < -0.3 is 34.6 Å². The van der Waals surface area contributed by atoms with Crippen molar-refractivity contribution in [2.75, 3.05) is 51.9 Å². The first-order chi connectivity index (χ1) is 17.8. The van der Waals surface area contributed by atoms with Gasteiger partial charge in [-0.25, -0.2) is 4.79 Å². The quantitative estimate of drug-likeness (QED) is 0.486. The van der Waals surface area contributed by atoms with E-state index in [1.54, 1.807) is 13.8 Å². The Balaban J connectivity index is 0.00000533. The Labute approximate surface area is 231 Å². The highest BCUT2D eigenvalue weighted by atomic mass is 35.5. The molecule has 1 aromatic carbocycles. The van der Waals surface area contributed by atoms with Crippen molar-refractivity contribution in [1.82, 2.24) is 15.5 Å². The molecule has 14 heteroatoms. The van der Waals surface area contributed by atoms with Gasteiger partial charge in [0.1, 0.15) is 5.75 Å². The van der Waals surface area contributed by atoms with Gasteiger partial charge in [0.05, 0.1) is 30.5 Å². The van der Waals surface area contributed by atoms with Crippen molar-refractivity contribution in [2.24, 2.45) is 0 Å². The molecule has 0 unspecified atom stereocenters. The van der Waals surface area contributed by atoms with Gasteiger partial charge in [-0.05, 0) is 52.3 Å². The van der Waals surface area contributed by atoms with Crippen LogP contribution in [-0.2, 0) is 20.4 Å². The summed E-state index contributed by atoms with van der Waals surface area (Å²) in [6.45, 7) is 5.77. The van der Waals surface area contributed by atoms with Gasteiger partial charge in [0.2, 0.25) is 5.60 Å². The fraction of sp³-hybridized carbons (Fsp3) is 0.640. The zero-order valence-corrected chi connectivity index (χ0v) is 23.5. The van der Waals surface area contributed by atoms with Crippen molar-refractivity contribution in [3.05, 3.63) is 23.3 Å². The Morgan fingerprint density at radius 2 is 2.00 bits per heavy atom. The van der Waals surface area contributed by atoms with Crippen LogP contribution in [0, 0.1) is 0 Å². The van der Waals surface area contributed by atoms with Gasteiger partial charge in [0.25, 0.3) is 11.8 Å². The second kappa shape index (κ2) is 13.1. The molecule has 1 aromatic rings. The predicted octanol–water partition coefficient (Wildman–Crippen LogP) is 3.22. The largest absolute Gasteiger partial charge is 0.473 e. The van der Waals surface area contributed by atoms with Crippen molar-refractivity contribution < 1.29 is 41.8 Å². The SMILES string of the molecule is COC[C@@]1(C)Oc2cc(C(F)(F)F)c(C(=O)N(C(C)C)[C@@H]3CCCNC3)cc2N(CCNC(=O)OC)C1=O.Cl. The van der Waals surface area contributed by atoms with Crippen LogP contribution >= 0.6 is 12.4 Å². The first-order valence-corrected chi connectivity index (χ1v) is 12.4. The number of carbonyl (C=O) groups is 3. The maximum absolute atomic E-state index is 14.3. The molecule has 1 saturated heterocycles. The Bertz CT molecular complexity index is 1050. The van der Waals surface area contributed by atoms with E-state index in [1.807, 2.05) is 0 Å². The monoisotopic (exact) mass is 580 g/mol. The van der Waals surface area contributed by atoms with E-state index >= 15 is 0 Å². The van der Waals surface area contributed by atoms with Crippen LogP contribution in [0.2, 0.25) is 0 Å². The third-order valence-corrected chi connectivity index (χ3v) is 6.62. The number of anilines is 1. The zero-order valence-electron chi connectivity index (χ0n) is 22.6. The van der Waals surface area contributed by atoms with E-state index in [4.69, 9.17) is 9.47 Å². The molecule has 2 N–H and O–H groups in total. The fourth-order valence-electron chi connectivity index (χ4n) is 4.92. The minimum Gasteiger partial charge on any atom is -0.473 e. The van der Waals surface area contributed by atoms with Gasteiger partial charge in [0, 0.05) is 38.8 Å². The van der Waals surface area contributed by atoms with Crippen molar-refractivity contribution in [3.63, 3.8) is 0 Å². The third-order valence-electron chi connectivity index (χ3n) is 6.62. The number of nitrogens with zero attached hydrogens (tertiary/aromatic N) is 2. The standard InChI is InChI=1S/C25H35F3N4O6.ClH/c1-15(2)32(16-7-6-8-29-13-16)21(33)17-11-19-20(12-18(17)25(26,27)28)38-24(3,14-36-4)22(34)31(19)10-9-30-23(35)37-5;/h11-12,15-16,29H,6-10,13-14H2,1-5H3,(H,30,35);1H/t16-,24-;/m1./s1. The number of alkyl halides is 3. The first-order valence-electron chi connectivity index (χ1n) is 12.4. The highest BCUT2D eigenvalue weighted by Crippen LogP contribution is 2.44. The molecule has 0 radical (unpaired) electrons. The summed E-state index contributed by atoms with van der Waals surface area (Å²) in [5.41, 5.74) is -3.36. The number of hydrogen-bond donors (Lipinski definition) is 2. The van der Waals surface area contributed by atoms with Crippen molar-refractivity contribution in [1.29, 1.82) is 0 Å². The second-order valence-corrected chi connectivity index (χ2v) is 9.81. The van der Waals surface area contributed by atoms with E-state index in [0.717, 1.165) is 25.1 Å². The van der Waals surface area contributed by atoms with Crippen LogP contribution in [0.15, 0.2) is 12.1 Å². The number of fused-ring (bicyclic) bond motifs is 1. The molecule has 1 fully saturated rings. The summed E-state index contributed by atoms with van der Waals surface area (Å²) < 4.78 is 58.4. The number of alkyl carbamates (subject to hydrolysis) is 1. The summed E-state index contributed by atoms with van der Waals surface area (Å²) in [6, 6.07) is 1.18. The number of benzene rings is 1. The number of hydrogen-bond acceptors (Lipinski definition) is 7. The molecule has 39 heavy (non-hydrogen) atoms. The van der Waals surface area contributed by atoms with E-state index in [9.17, 15) is 27.6 Å². The lowest BCUT2D eigenvalue weighted by Crippen LogP contribution is -2.58. The van der Waals surface area contributed by atoms with Crippen LogP contribution in [0.4, 0.5) is 23.7 Å². The number of halogens is 4. The average Bonchev–Trinajstić information content (AvgIpc) is 2.85. The number of nitrogens with one attached hydrogen (secondary N) is 2. The van der Waals surface area contributed by atoms with Crippen LogP contribution < -0.4 is 20.3 Å². The van der Waals surface area contributed by atoms with E-state index in [2.05, 4.69) is 15.4 Å². The molecular formula is C25H36ClF3N4O6. The van der Waals surface area contributed by atoms with Crippen molar-refractivity contribution in [3.8, 4) is 5.75 Å². The lowest BCUT2D eigenvalue weighted by Gasteiger charge is -2.41. The normalized spacial score (nSPS) is 21.0. The van der Waals surface area contributed by atoms with Crippen molar-refractivity contribution in [2.45, 2.75) is 57.5 Å². The first kappa shape index (κ1) is 32.4. The van der Waals surface area contributed by atoms with E-state index in [0.29, 0.717) is 13.0 Å². The number of amides is 3. The van der Waals surface area contributed by atoms with E-state index in [1.165, 1.54) is 30.9 Å². The second-order valence-electron chi connectivity index (χ2n) is 9.81. The number of rotatable bonds is 8. The van der Waals surface area contributed by atoms with Crippen LogP contribution in [0.1, 0.15) is 49.5 Å². The molecule has 2 aliphatic heterocycles. The molecule has 0 aromatic heterocycles.